The molecular weight excluding hydrogens is 356 g/mol. The lowest BCUT2D eigenvalue weighted by molar-refractivity contribution is 0.425. The molecule has 6 heteroatoms. The van der Waals surface area contributed by atoms with Crippen LogP contribution in [0.2, 0.25) is 0 Å². The Labute approximate surface area is 142 Å². The SMILES string of the molecule is Brc1ccc(-c2cc(-n3nnc4c3CCCCCC4)no2)cc1. The first-order valence-electron chi connectivity index (χ1n) is 7.98. The standard InChI is InChI=1S/C17H17BrN4O/c18-13-9-7-12(8-10-13)16-11-17(20-23-16)22-15-6-4-2-1-3-5-14(15)19-21-22/h7-11H,1-6H2. The fourth-order valence-electron chi connectivity index (χ4n) is 3.02. The number of nitrogens with zero attached hydrogens (tertiary/aromatic N) is 4. The first-order valence-corrected chi connectivity index (χ1v) is 8.77. The fourth-order valence-corrected chi connectivity index (χ4v) is 3.28. The minimum atomic E-state index is 0.706. The van der Waals surface area contributed by atoms with Gasteiger partial charge in [-0.25, -0.2) is 0 Å². The summed E-state index contributed by atoms with van der Waals surface area (Å²) in [6.45, 7) is 0. The Balaban J connectivity index is 1.68. The van der Waals surface area contributed by atoms with E-state index in [1.54, 1.807) is 0 Å². The quantitative estimate of drug-likeness (QED) is 0.671. The van der Waals surface area contributed by atoms with Gasteiger partial charge in [0.15, 0.2) is 11.6 Å². The molecular formula is C17H17BrN4O. The summed E-state index contributed by atoms with van der Waals surface area (Å²) in [6, 6.07) is 9.91. The molecule has 23 heavy (non-hydrogen) atoms. The highest BCUT2D eigenvalue weighted by Gasteiger charge is 2.18. The zero-order chi connectivity index (χ0) is 15.6. The molecule has 3 aromatic rings. The highest BCUT2D eigenvalue weighted by molar-refractivity contribution is 9.10. The number of hydrogen-bond donors (Lipinski definition) is 0. The maximum atomic E-state index is 5.51. The summed E-state index contributed by atoms with van der Waals surface area (Å²) in [5.74, 6) is 1.44. The number of rotatable bonds is 2. The van der Waals surface area contributed by atoms with E-state index in [-0.39, 0.29) is 0 Å². The summed E-state index contributed by atoms with van der Waals surface area (Å²) in [6.07, 6.45) is 6.93. The molecule has 2 aromatic heterocycles. The normalized spacial score (nSPS) is 15.0. The molecule has 0 N–H and O–H groups in total. The second kappa shape index (κ2) is 6.28. The van der Waals surface area contributed by atoms with E-state index < -0.39 is 0 Å². The van der Waals surface area contributed by atoms with Gasteiger partial charge in [-0.2, -0.15) is 4.68 Å². The molecule has 4 rings (SSSR count). The maximum absolute atomic E-state index is 5.51. The Bertz CT molecular complexity index is 806. The largest absolute Gasteiger partial charge is 0.354 e. The Morgan fingerprint density at radius 3 is 2.61 bits per heavy atom. The number of halogens is 1. The van der Waals surface area contributed by atoms with Crippen LogP contribution in [0.5, 0.6) is 0 Å². The minimum absolute atomic E-state index is 0.706. The second-order valence-corrected chi connectivity index (χ2v) is 6.78. The smallest absolute Gasteiger partial charge is 0.198 e. The predicted molar refractivity (Wildman–Crippen MR) is 90.4 cm³/mol. The van der Waals surface area contributed by atoms with E-state index in [4.69, 9.17) is 4.52 Å². The second-order valence-electron chi connectivity index (χ2n) is 5.87. The molecule has 0 unspecified atom stereocenters. The lowest BCUT2D eigenvalue weighted by Gasteiger charge is -2.09. The lowest BCUT2D eigenvalue weighted by atomic mass is 10.0. The molecule has 2 heterocycles. The van der Waals surface area contributed by atoms with Crippen LogP contribution in [0, 0.1) is 0 Å². The lowest BCUT2D eigenvalue weighted by Crippen LogP contribution is -2.06. The first-order chi connectivity index (χ1) is 11.3. The summed E-state index contributed by atoms with van der Waals surface area (Å²) in [4.78, 5) is 0. The highest BCUT2D eigenvalue weighted by atomic mass is 79.9. The van der Waals surface area contributed by atoms with Gasteiger partial charge in [0.05, 0.1) is 11.4 Å². The van der Waals surface area contributed by atoms with Crippen LogP contribution in [0.15, 0.2) is 39.3 Å². The average molecular weight is 373 g/mol. The van der Waals surface area contributed by atoms with Crippen molar-refractivity contribution in [1.29, 1.82) is 0 Å². The van der Waals surface area contributed by atoms with Crippen LogP contribution >= 0.6 is 15.9 Å². The molecule has 0 atom stereocenters. The number of hydrogen-bond acceptors (Lipinski definition) is 4. The van der Waals surface area contributed by atoms with Crippen molar-refractivity contribution in [3.8, 4) is 17.1 Å². The molecule has 0 saturated heterocycles. The monoisotopic (exact) mass is 372 g/mol. The van der Waals surface area contributed by atoms with Gasteiger partial charge in [-0.1, -0.05) is 51.3 Å². The van der Waals surface area contributed by atoms with Crippen LogP contribution in [-0.2, 0) is 12.8 Å². The molecule has 0 fully saturated rings. The summed E-state index contributed by atoms with van der Waals surface area (Å²) >= 11 is 3.44. The fraction of sp³-hybridized carbons (Fsp3) is 0.353. The zero-order valence-corrected chi connectivity index (χ0v) is 14.3. The Hall–Kier alpha value is -1.95. The maximum Gasteiger partial charge on any atom is 0.198 e. The minimum Gasteiger partial charge on any atom is -0.354 e. The molecule has 118 valence electrons. The van der Waals surface area contributed by atoms with E-state index in [0.717, 1.165) is 34.3 Å². The van der Waals surface area contributed by atoms with Crippen molar-refractivity contribution in [3.63, 3.8) is 0 Å². The molecule has 1 aliphatic rings. The molecule has 0 bridgehead atoms. The van der Waals surface area contributed by atoms with Gasteiger partial charge in [0, 0.05) is 16.1 Å². The summed E-state index contributed by atoms with van der Waals surface area (Å²) in [7, 11) is 0. The van der Waals surface area contributed by atoms with E-state index in [1.807, 2.05) is 35.0 Å². The van der Waals surface area contributed by atoms with Crippen molar-refractivity contribution in [1.82, 2.24) is 20.2 Å². The van der Waals surface area contributed by atoms with Crippen LogP contribution in [0.4, 0.5) is 0 Å². The molecule has 1 aromatic carbocycles. The van der Waals surface area contributed by atoms with Gasteiger partial charge in [-0.3, -0.25) is 0 Å². The first kappa shape index (κ1) is 14.6. The van der Waals surface area contributed by atoms with Crippen LogP contribution in [0.3, 0.4) is 0 Å². The predicted octanol–water partition coefficient (Wildman–Crippen LogP) is 4.34. The van der Waals surface area contributed by atoms with E-state index in [9.17, 15) is 0 Å². The van der Waals surface area contributed by atoms with Crippen molar-refractivity contribution in [2.45, 2.75) is 38.5 Å². The van der Waals surface area contributed by atoms with Gasteiger partial charge >= 0.3 is 0 Å². The molecule has 0 aliphatic heterocycles. The average Bonchev–Trinajstić information content (AvgIpc) is 3.15. The number of fused-ring (bicyclic) bond motifs is 1. The van der Waals surface area contributed by atoms with Gasteiger partial charge in [-0.05, 0) is 37.8 Å². The van der Waals surface area contributed by atoms with E-state index >= 15 is 0 Å². The van der Waals surface area contributed by atoms with Crippen LogP contribution in [-0.4, -0.2) is 20.2 Å². The third-order valence-electron chi connectivity index (χ3n) is 4.26. The van der Waals surface area contributed by atoms with Crippen molar-refractivity contribution in [2.24, 2.45) is 0 Å². The van der Waals surface area contributed by atoms with Gasteiger partial charge in [0.25, 0.3) is 0 Å². The van der Waals surface area contributed by atoms with Gasteiger partial charge < -0.3 is 4.52 Å². The van der Waals surface area contributed by atoms with Crippen molar-refractivity contribution >= 4 is 15.9 Å². The Morgan fingerprint density at radius 2 is 1.78 bits per heavy atom. The molecule has 0 radical (unpaired) electrons. The highest BCUT2D eigenvalue weighted by Crippen LogP contribution is 2.25. The third-order valence-corrected chi connectivity index (χ3v) is 4.79. The third kappa shape index (κ3) is 2.95. The molecule has 0 saturated carbocycles. The molecule has 1 aliphatic carbocycles. The van der Waals surface area contributed by atoms with Crippen LogP contribution in [0.25, 0.3) is 17.1 Å². The van der Waals surface area contributed by atoms with E-state index in [0.29, 0.717) is 5.82 Å². The van der Waals surface area contributed by atoms with E-state index in [2.05, 4.69) is 31.4 Å². The Morgan fingerprint density at radius 1 is 1.00 bits per heavy atom. The number of benzene rings is 1. The van der Waals surface area contributed by atoms with Crippen LogP contribution in [0.1, 0.15) is 37.1 Å². The van der Waals surface area contributed by atoms with Gasteiger partial charge in [0.2, 0.25) is 0 Å². The summed E-state index contributed by atoms with van der Waals surface area (Å²) in [5, 5.41) is 12.9. The van der Waals surface area contributed by atoms with Crippen LogP contribution < -0.4 is 0 Å². The Kier molecular flexibility index (Phi) is 3.99. The molecule has 0 spiro atoms. The topological polar surface area (TPSA) is 56.7 Å². The number of aromatic nitrogens is 4. The summed E-state index contributed by atoms with van der Waals surface area (Å²) < 4.78 is 8.39. The van der Waals surface area contributed by atoms with Crippen molar-refractivity contribution in [2.75, 3.05) is 0 Å². The van der Waals surface area contributed by atoms with Gasteiger partial charge in [0.1, 0.15) is 0 Å². The van der Waals surface area contributed by atoms with Gasteiger partial charge in [-0.15, -0.1) is 5.10 Å². The molecule has 5 nitrogen and oxygen atoms in total. The van der Waals surface area contributed by atoms with E-state index in [1.165, 1.54) is 31.4 Å². The summed E-state index contributed by atoms with van der Waals surface area (Å²) in [5.41, 5.74) is 3.29. The molecule has 0 amide bonds. The zero-order valence-electron chi connectivity index (χ0n) is 12.7. The van der Waals surface area contributed by atoms with Crippen molar-refractivity contribution < 1.29 is 4.52 Å². The van der Waals surface area contributed by atoms with Crippen molar-refractivity contribution in [3.05, 3.63) is 46.2 Å². The number of aryl methyl sites for hydroxylation is 1.